The summed E-state index contributed by atoms with van der Waals surface area (Å²) in [5.41, 5.74) is 7.81. The van der Waals surface area contributed by atoms with Crippen LogP contribution in [0.3, 0.4) is 0 Å². The van der Waals surface area contributed by atoms with Gasteiger partial charge in [0.25, 0.3) is 5.91 Å². The standard InChI is InChI=1S/C17H19ClIN3O/c1-21(2)9-10-22(16-8-7-12(18)11-14(16)19)17(23)13-5-3-4-6-15(13)20/h3-8,11H,9-10,20H2,1-2H3. The Labute approximate surface area is 155 Å². The number of carbonyl (C=O) groups is 1. The lowest BCUT2D eigenvalue weighted by Crippen LogP contribution is -2.37. The van der Waals surface area contributed by atoms with Gasteiger partial charge in [-0.05, 0) is 67.0 Å². The third kappa shape index (κ3) is 4.59. The summed E-state index contributed by atoms with van der Waals surface area (Å²) in [4.78, 5) is 16.8. The zero-order chi connectivity index (χ0) is 17.0. The van der Waals surface area contributed by atoms with Crippen LogP contribution in [0, 0.1) is 3.57 Å². The maximum Gasteiger partial charge on any atom is 0.260 e. The highest BCUT2D eigenvalue weighted by Crippen LogP contribution is 2.28. The highest BCUT2D eigenvalue weighted by atomic mass is 127. The molecule has 23 heavy (non-hydrogen) atoms. The number of halogens is 2. The predicted molar refractivity (Wildman–Crippen MR) is 105 cm³/mol. The number of anilines is 2. The molecule has 0 aliphatic rings. The Balaban J connectivity index is 2.41. The second kappa shape index (κ2) is 7.99. The average molecular weight is 444 g/mol. The molecule has 0 aromatic heterocycles. The van der Waals surface area contributed by atoms with E-state index in [-0.39, 0.29) is 5.91 Å². The lowest BCUT2D eigenvalue weighted by atomic mass is 10.1. The van der Waals surface area contributed by atoms with Crippen LogP contribution in [0.15, 0.2) is 42.5 Å². The topological polar surface area (TPSA) is 49.6 Å². The van der Waals surface area contributed by atoms with Crippen LogP contribution in [0.1, 0.15) is 10.4 Å². The number of benzene rings is 2. The molecule has 2 rings (SSSR count). The van der Waals surface area contributed by atoms with Crippen molar-refractivity contribution < 1.29 is 4.79 Å². The Kier molecular flexibility index (Phi) is 6.26. The fourth-order valence-corrected chi connectivity index (χ4v) is 3.33. The summed E-state index contributed by atoms with van der Waals surface area (Å²) in [7, 11) is 3.96. The van der Waals surface area contributed by atoms with E-state index in [1.807, 2.05) is 43.3 Å². The van der Waals surface area contributed by atoms with Gasteiger partial charge in [-0.3, -0.25) is 4.79 Å². The van der Waals surface area contributed by atoms with E-state index in [2.05, 4.69) is 22.6 Å². The van der Waals surface area contributed by atoms with Crippen LogP contribution < -0.4 is 10.6 Å². The summed E-state index contributed by atoms with van der Waals surface area (Å²) in [6.45, 7) is 1.31. The molecule has 0 heterocycles. The Bertz CT molecular complexity index is 706. The number of carbonyl (C=O) groups excluding carboxylic acids is 1. The van der Waals surface area contributed by atoms with Crippen molar-refractivity contribution in [1.29, 1.82) is 0 Å². The highest BCUT2D eigenvalue weighted by Gasteiger charge is 2.21. The van der Waals surface area contributed by atoms with E-state index in [0.29, 0.717) is 22.8 Å². The van der Waals surface area contributed by atoms with E-state index in [1.165, 1.54) is 0 Å². The van der Waals surface area contributed by atoms with Crippen molar-refractivity contribution in [3.05, 3.63) is 56.6 Å². The number of para-hydroxylation sites is 1. The molecule has 2 aromatic carbocycles. The SMILES string of the molecule is CN(C)CCN(C(=O)c1ccccc1N)c1ccc(Cl)cc1I. The number of amides is 1. The lowest BCUT2D eigenvalue weighted by Gasteiger charge is -2.26. The van der Waals surface area contributed by atoms with Crippen LogP contribution in [0.2, 0.25) is 5.02 Å². The maximum absolute atomic E-state index is 13.0. The molecule has 2 N–H and O–H groups in total. The highest BCUT2D eigenvalue weighted by molar-refractivity contribution is 14.1. The van der Waals surface area contributed by atoms with Gasteiger partial charge in [0.05, 0.1) is 11.3 Å². The zero-order valence-corrected chi connectivity index (χ0v) is 16.0. The molecule has 0 unspecified atom stereocenters. The third-order valence-corrected chi connectivity index (χ3v) is 4.51. The maximum atomic E-state index is 13.0. The minimum Gasteiger partial charge on any atom is -0.398 e. The van der Waals surface area contributed by atoms with Crippen molar-refractivity contribution >= 4 is 51.5 Å². The van der Waals surface area contributed by atoms with E-state index < -0.39 is 0 Å². The van der Waals surface area contributed by atoms with Crippen LogP contribution >= 0.6 is 34.2 Å². The number of nitrogen functional groups attached to an aromatic ring is 1. The van der Waals surface area contributed by atoms with Gasteiger partial charge in [-0.2, -0.15) is 0 Å². The van der Waals surface area contributed by atoms with E-state index in [4.69, 9.17) is 17.3 Å². The van der Waals surface area contributed by atoms with Gasteiger partial charge in [0.15, 0.2) is 0 Å². The van der Waals surface area contributed by atoms with E-state index in [0.717, 1.165) is 15.8 Å². The molecule has 4 nitrogen and oxygen atoms in total. The molecule has 2 aromatic rings. The fourth-order valence-electron chi connectivity index (χ4n) is 2.17. The molecule has 0 aliphatic heterocycles. The number of likely N-dealkylation sites (N-methyl/N-ethyl adjacent to an activating group) is 1. The summed E-state index contributed by atoms with van der Waals surface area (Å²) < 4.78 is 0.928. The largest absolute Gasteiger partial charge is 0.398 e. The molecule has 0 spiro atoms. The smallest absolute Gasteiger partial charge is 0.260 e. The molecule has 6 heteroatoms. The number of hydrogen-bond donors (Lipinski definition) is 1. The van der Waals surface area contributed by atoms with Gasteiger partial charge < -0.3 is 15.5 Å². The van der Waals surface area contributed by atoms with Crippen LogP contribution in [-0.2, 0) is 0 Å². The van der Waals surface area contributed by atoms with E-state index >= 15 is 0 Å². The van der Waals surface area contributed by atoms with Gasteiger partial charge in [-0.1, -0.05) is 23.7 Å². The minimum absolute atomic E-state index is 0.106. The molecule has 0 saturated heterocycles. The van der Waals surface area contributed by atoms with Gasteiger partial charge in [-0.15, -0.1) is 0 Å². The second-order valence-electron chi connectivity index (χ2n) is 5.44. The zero-order valence-electron chi connectivity index (χ0n) is 13.1. The first kappa shape index (κ1) is 18.0. The number of hydrogen-bond acceptors (Lipinski definition) is 3. The second-order valence-corrected chi connectivity index (χ2v) is 7.04. The van der Waals surface area contributed by atoms with Crippen LogP contribution in [-0.4, -0.2) is 38.0 Å². The molecule has 0 fully saturated rings. The van der Waals surface area contributed by atoms with Gasteiger partial charge >= 0.3 is 0 Å². The third-order valence-electron chi connectivity index (χ3n) is 3.41. The Hall–Kier alpha value is -1.31. The number of rotatable bonds is 5. The summed E-state index contributed by atoms with van der Waals surface area (Å²) in [5.74, 6) is -0.106. The van der Waals surface area contributed by atoms with Gasteiger partial charge in [-0.25, -0.2) is 0 Å². The first-order chi connectivity index (χ1) is 10.9. The van der Waals surface area contributed by atoms with Gasteiger partial charge in [0.1, 0.15) is 0 Å². The summed E-state index contributed by atoms with van der Waals surface area (Å²) in [6.07, 6.45) is 0. The molecular formula is C17H19ClIN3O. The first-order valence-corrected chi connectivity index (χ1v) is 8.62. The normalized spacial score (nSPS) is 10.8. The van der Waals surface area contributed by atoms with Crippen molar-refractivity contribution in [2.75, 3.05) is 37.8 Å². The van der Waals surface area contributed by atoms with Gasteiger partial charge in [0, 0.05) is 27.4 Å². The molecular weight excluding hydrogens is 425 g/mol. The molecule has 0 bridgehead atoms. The average Bonchev–Trinajstić information content (AvgIpc) is 2.49. The first-order valence-electron chi connectivity index (χ1n) is 7.16. The van der Waals surface area contributed by atoms with Crippen LogP contribution in [0.4, 0.5) is 11.4 Å². The molecule has 1 amide bonds. The van der Waals surface area contributed by atoms with Gasteiger partial charge in [0.2, 0.25) is 0 Å². The number of nitrogens with zero attached hydrogens (tertiary/aromatic N) is 2. The minimum atomic E-state index is -0.106. The van der Waals surface area contributed by atoms with Crippen molar-refractivity contribution in [1.82, 2.24) is 4.90 Å². The number of nitrogens with two attached hydrogens (primary N) is 1. The van der Waals surface area contributed by atoms with E-state index in [9.17, 15) is 4.79 Å². The van der Waals surface area contributed by atoms with Crippen molar-refractivity contribution in [2.24, 2.45) is 0 Å². The van der Waals surface area contributed by atoms with E-state index in [1.54, 1.807) is 23.1 Å². The monoisotopic (exact) mass is 443 g/mol. The quantitative estimate of drug-likeness (QED) is 0.566. The van der Waals surface area contributed by atoms with Crippen molar-refractivity contribution in [3.8, 4) is 0 Å². The van der Waals surface area contributed by atoms with Crippen LogP contribution in [0.25, 0.3) is 0 Å². The predicted octanol–water partition coefficient (Wildman–Crippen LogP) is 3.74. The lowest BCUT2D eigenvalue weighted by molar-refractivity contribution is 0.0986. The van der Waals surface area contributed by atoms with Crippen molar-refractivity contribution in [3.63, 3.8) is 0 Å². The summed E-state index contributed by atoms with van der Waals surface area (Å²) in [5, 5.41) is 0.650. The Morgan fingerprint density at radius 3 is 2.48 bits per heavy atom. The molecule has 122 valence electrons. The Morgan fingerprint density at radius 2 is 1.87 bits per heavy atom. The molecule has 0 radical (unpaired) electrons. The molecule has 0 aliphatic carbocycles. The fraction of sp³-hybridized carbons (Fsp3) is 0.235. The molecule has 0 saturated carbocycles. The summed E-state index contributed by atoms with van der Waals surface area (Å²) in [6, 6.07) is 12.7. The van der Waals surface area contributed by atoms with Crippen LogP contribution in [0.5, 0.6) is 0 Å². The summed E-state index contributed by atoms with van der Waals surface area (Å²) >= 11 is 8.23. The Morgan fingerprint density at radius 1 is 1.17 bits per heavy atom. The molecule has 0 atom stereocenters. The van der Waals surface area contributed by atoms with Crippen molar-refractivity contribution in [2.45, 2.75) is 0 Å².